The van der Waals surface area contributed by atoms with Crippen molar-refractivity contribution in [1.82, 2.24) is 0 Å². The Morgan fingerprint density at radius 3 is 2.20 bits per heavy atom. The summed E-state index contributed by atoms with van der Waals surface area (Å²) in [7, 11) is 0. The van der Waals surface area contributed by atoms with Crippen molar-refractivity contribution in [2.24, 2.45) is 5.92 Å². The summed E-state index contributed by atoms with van der Waals surface area (Å²) < 4.78 is 5.48. The third kappa shape index (κ3) is 10.2. The highest BCUT2D eigenvalue weighted by molar-refractivity contribution is 5.25. The molecular formula is C19H30O. The van der Waals surface area contributed by atoms with Crippen LogP contribution < -0.4 is 0 Å². The third-order valence-corrected chi connectivity index (χ3v) is 2.57. The van der Waals surface area contributed by atoms with Gasteiger partial charge in [0, 0.05) is 0 Å². The molecule has 0 bridgehead atoms. The molecule has 0 heterocycles. The van der Waals surface area contributed by atoms with Crippen LogP contribution >= 0.6 is 0 Å². The van der Waals surface area contributed by atoms with E-state index in [1.54, 1.807) is 18.2 Å². The first kappa shape index (κ1) is 20.6. The van der Waals surface area contributed by atoms with Crippen LogP contribution in [0.25, 0.3) is 0 Å². The Morgan fingerprint density at radius 1 is 1.15 bits per heavy atom. The molecule has 112 valence electrons. The van der Waals surface area contributed by atoms with E-state index in [0.717, 1.165) is 18.4 Å². The first-order valence-electron chi connectivity index (χ1n) is 7.23. The van der Waals surface area contributed by atoms with Gasteiger partial charge in [-0.25, -0.2) is 0 Å². The molecule has 0 N–H and O–H groups in total. The summed E-state index contributed by atoms with van der Waals surface area (Å²) in [4.78, 5) is 0. The van der Waals surface area contributed by atoms with Gasteiger partial charge < -0.3 is 4.74 Å². The van der Waals surface area contributed by atoms with Crippen LogP contribution in [0.4, 0.5) is 0 Å². The van der Waals surface area contributed by atoms with Gasteiger partial charge in [-0.1, -0.05) is 78.2 Å². The molecule has 0 aromatic heterocycles. The third-order valence-electron chi connectivity index (χ3n) is 2.57. The summed E-state index contributed by atoms with van der Waals surface area (Å²) in [5.41, 5.74) is 1.09. The monoisotopic (exact) mass is 274 g/mol. The standard InChI is InChI=1S/C17H24O.C2H6/c1-7-10-14(4)15(5)12-13-16(6)18-17(9-3)11-8-2;1-2/h8-9,11-14H,2-3,5-7,10H2,1,4H3;1-2H3/b13-12-,17-11+;. The van der Waals surface area contributed by atoms with E-state index in [9.17, 15) is 0 Å². The van der Waals surface area contributed by atoms with Gasteiger partial charge in [0.2, 0.25) is 0 Å². The molecule has 0 aliphatic carbocycles. The van der Waals surface area contributed by atoms with Gasteiger partial charge in [0.15, 0.2) is 0 Å². The Hall–Kier alpha value is -1.76. The van der Waals surface area contributed by atoms with E-state index >= 15 is 0 Å². The predicted molar refractivity (Wildman–Crippen MR) is 92.4 cm³/mol. The number of hydrogen-bond acceptors (Lipinski definition) is 1. The fraction of sp³-hybridized carbons (Fsp3) is 0.368. The first-order valence-corrected chi connectivity index (χ1v) is 7.23. The van der Waals surface area contributed by atoms with E-state index < -0.39 is 0 Å². The van der Waals surface area contributed by atoms with Gasteiger partial charge >= 0.3 is 0 Å². The number of ether oxygens (including phenoxy) is 1. The lowest BCUT2D eigenvalue weighted by Gasteiger charge is -2.10. The van der Waals surface area contributed by atoms with E-state index in [1.807, 2.05) is 26.0 Å². The molecule has 0 saturated carbocycles. The van der Waals surface area contributed by atoms with Crippen LogP contribution in [0.2, 0.25) is 0 Å². The van der Waals surface area contributed by atoms with E-state index in [0.29, 0.717) is 17.4 Å². The van der Waals surface area contributed by atoms with Crippen LogP contribution in [0.5, 0.6) is 0 Å². The van der Waals surface area contributed by atoms with Crippen molar-refractivity contribution in [2.75, 3.05) is 0 Å². The quantitative estimate of drug-likeness (QED) is 0.352. The topological polar surface area (TPSA) is 9.23 Å². The highest BCUT2D eigenvalue weighted by Gasteiger charge is 2.02. The van der Waals surface area contributed by atoms with E-state index in [-0.39, 0.29) is 0 Å². The molecule has 0 spiro atoms. The SMILES string of the molecule is C=C/C=C(\C=C)OC(=C)/C=C\C(=C)C(C)CCC.CC. The maximum Gasteiger partial charge on any atom is 0.126 e. The van der Waals surface area contributed by atoms with Crippen molar-refractivity contribution in [3.63, 3.8) is 0 Å². The summed E-state index contributed by atoms with van der Waals surface area (Å²) in [5.74, 6) is 1.68. The van der Waals surface area contributed by atoms with Gasteiger partial charge in [-0.3, -0.25) is 0 Å². The van der Waals surface area contributed by atoms with Gasteiger partial charge in [0.05, 0.1) is 0 Å². The highest BCUT2D eigenvalue weighted by atomic mass is 16.5. The Balaban J connectivity index is 0. The van der Waals surface area contributed by atoms with Crippen molar-refractivity contribution in [3.8, 4) is 0 Å². The van der Waals surface area contributed by atoms with E-state index in [2.05, 4.69) is 40.2 Å². The lowest BCUT2D eigenvalue weighted by Crippen LogP contribution is -1.95. The zero-order chi connectivity index (χ0) is 16.0. The Bertz CT molecular complexity index is 369. The van der Waals surface area contributed by atoms with Crippen molar-refractivity contribution < 1.29 is 4.74 Å². The fourth-order valence-electron chi connectivity index (χ4n) is 1.43. The zero-order valence-electron chi connectivity index (χ0n) is 13.6. The molecule has 0 aliphatic rings. The summed E-state index contributed by atoms with van der Waals surface area (Å²) in [6, 6.07) is 0. The molecular weight excluding hydrogens is 244 g/mol. The molecule has 1 nitrogen and oxygen atoms in total. The normalized spacial score (nSPS) is 12.1. The molecule has 0 radical (unpaired) electrons. The lowest BCUT2D eigenvalue weighted by molar-refractivity contribution is 0.338. The zero-order valence-corrected chi connectivity index (χ0v) is 13.6. The second kappa shape index (κ2) is 13.7. The van der Waals surface area contributed by atoms with Crippen molar-refractivity contribution in [1.29, 1.82) is 0 Å². The maximum absolute atomic E-state index is 5.48. The van der Waals surface area contributed by atoms with Gasteiger partial charge in [-0.2, -0.15) is 0 Å². The van der Waals surface area contributed by atoms with Crippen LogP contribution in [-0.2, 0) is 4.74 Å². The number of rotatable bonds is 9. The van der Waals surface area contributed by atoms with Crippen LogP contribution in [0.1, 0.15) is 40.5 Å². The van der Waals surface area contributed by atoms with Crippen molar-refractivity contribution >= 4 is 0 Å². The molecule has 20 heavy (non-hydrogen) atoms. The van der Waals surface area contributed by atoms with Crippen molar-refractivity contribution in [2.45, 2.75) is 40.5 Å². The van der Waals surface area contributed by atoms with Crippen LogP contribution in [-0.4, -0.2) is 0 Å². The Kier molecular flexibility index (Phi) is 14.0. The number of hydrogen-bond donors (Lipinski definition) is 0. The minimum absolute atomic E-state index is 0.488. The Morgan fingerprint density at radius 2 is 1.75 bits per heavy atom. The molecule has 1 atom stereocenters. The predicted octanol–water partition coefficient (Wildman–Crippen LogP) is 6.35. The van der Waals surface area contributed by atoms with Gasteiger partial charge in [0.1, 0.15) is 11.5 Å². The second-order valence-electron chi connectivity index (χ2n) is 4.18. The summed E-state index contributed by atoms with van der Waals surface area (Å²) in [6.07, 6.45) is 11.1. The molecule has 0 saturated heterocycles. The first-order chi connectivity index (χ1) is 9.54. The lowest BCUT2D eigenvalue weighted by atomic mass is 9.97. The maximum atomic E-state index is 5.48. The van der Waals surface area contributed by atoms with Crippen molar-refractivity contribution in [3.05, 3.63) is 73.8 Å². The largest absolute Gasteiger partial charge is 0.458 e. The molecule has 0 aromatic rings. The molecule has 1 unspecified atom stereocenters. The van der Waals surface area contributed by atoms with Gasteiger partial charge in [-0.15, -0.1) is 0 Å². The smallest absolute Gasteiger partial charge is 0.126 e. The minimum Gasteiger partial charge on any atom is -0.458 e. The molecule has 0 amide bonds. The minimum atomic E-state index is 0.488. The highest BCUT2D eigenvalue weighted by Crippen LogP contribution is 2.17. The Labute approximate surface area is 125 Å². The van der Waals surface area contributed by atoms with Crippen LogP contribution in [0.3, 0.4) is 0 Å². The van der Waals surface area contributed by atoms with Gasteiger partial charge in [-0.05, 0) is 30.6 Å². The summed E-state index contributed by atoms with van der Waals surface area (Å²) in [5, 5.41) is 0. The number of allylic oxidation sites excluding steroid dienone is 6. The molecule has 0 fully saturated rings. The molecule has 0 rings (SSSR count). The molecule has 0 aromatic carbocycles. The molecule has 1 heteroatoms. The average Bonchev–Trinajstić information content (AvgIpc) is 2.46. The fourth-order valence-corrected chi connectivity index (χ4v) is 1.43. The van der Waals surface area contributed by atoms with E-state index in [4.69, 9.17) is 4.74 Å². The second-order valence-corrected chi connectivity index (χ2v) is 4.18. The summed E-state index contributed by atoms with van der Waals surface area (Å²) >= 11 is 0. The van der Waals surface area contributed by atoms with Crippen LogP contribution in [0, 0.1) is 5.92 Å². The molecule has 0 aliphatic heterocycles. The average molecular weight is 274 g/mol. The summed E-state index contributed by atoms with van der Waals surface area (Å²) in [6.45, 7) is 23.5. The van der Waals surface area contributed by atoms with E-state index in [1.165, 1.54) is 0 Å². The van der Waals surface area contributed by atoms with Gasteiger partial charge in [0.25, 0.3) is 0 Å². The van der Waals surface area contributed by atoms with Crippen LogP contribution in [0.15, 0.2) is 73.8 Å².